The summed E-state index contributed by atoms with van der Waals surface area (Å²) in [5, 5.41) is 5.53. The van der Waals surface area contributed by atoms with E-state index in [2.05, 4.69) is 29.7 Å². The van der Waals surface area contributed by atoms with Gasteiger partial charge in [-0.2, -0.15) is 0 Å². The molecule has 0 saturated carbocycles. The van der Waals surface area contributed by atoms with Crippen molar-refractivity contribution >= 4 is 17.9 Å². The van der Waals surface area contributed by atoms with Crippen LogP contribution in [0.5, 0.6) is 0 Å². The summed E-state index contributed by atoms with van der Waals surface area (Å²) in [4.78, 5) is 23.5. The normalized spacial score (nSPS) is 11.9. The molecule has 4 nitrogen and oxygen atoms in total. The van der Waals surface area contributed by atoms with Gasteiger partial charge in [-0.05, 0) is 35.8 Å². The number of nitrogens with one attached hydrogen (secondary N) is 2. The van der Waals surface area contributed by atoms with E-state index >= 15 is 0 Å². The van der Waals surface area contributed by atoms with E-state index in [1.54, 1.807) is 25.3 Å². The van der Waals surface area contributed by atoms with Crippen LogP contribution in [0, 0.1) is 0 Å². The van der Waals surface area contributed by atoms with Crippen LogP contribution in [-0.2, 0) is 4.79 Å². The Kier molecular flexibility index (Phi) is 6.96. The third kappa shape index (κ3) is 5.60. The SMILES string of the molecule is CCC(CNC(=O)/C=C/c1ccc(C(=O)NC)cc1)c1ccccc1. The van der Waals surface area contributed by atoms with Gasteiger partial charge in [0.05, 0.1) is 0 Å². The first-order valence-corrected chi connectivity index (χ1v) is 8.47. The van der Waals surface area contributed by atoms with Gasteiger partial charge in [0.2, 0.25) is 5.91 Å². The molecule has 2 aromatic rings. The van der Waals surface area contributed by atoms with Crippen molar-refractivity contribution in [1.29, 1.82) is 0 Å². The van der Waals surface area contributed by atoms with Gasteiger partial charge in [0.25, 0.3) is 5.91 Å². The van der Waals surface area contributed by atoms with Crippen LogP contribution in [0.4, 0.5) is 0 Å². The van der Waals surface area contributed by atoms with Crippen molar-refractivity contribution in [2.24, 2.45) is 0 Å². The largest absolute Gasteiger partial charge is 0.355 e. The van der Waals surface area contributed by atoms with Crippen molar-refractivity contribution in [3.8, 4) is 0 Å². The first-order valence-electron chi connectivity index (χ1n) is 8.47. The summed E-state index contributed by atoms with van der Waals surface area (Å²) in [7, 11) is 1.60. The monoisotopic (exact) mass is 336 g/mol. The van der Waals surface area contributed by atoms with E-state index in [0.29, 0.717) is 18.0 Å². The highest BCUT2D eigenvalue weighted by atomic mass is 16.2. The molecule has 2 N–H and O–H groups in total. The number of rotatable bonds is 7. The standard InChI is InChI=1S/C21H24N2O2/c1-3-17(18-7-5-4-6-8-18)15-23-20(24)14-11-16-9-12-19(13-10-16)21(25)22-2/h4-14,17H,3,15H2,1-2H3,(H,22,25)(H,23,24)/b14-11+. The van der Waals surface area contributed by atoms with Crippen molar-refractivity contribution in [3.05, 3.63) is 77.4 Å². The summed E-state index contributed by atoms with van der Waals surface area (Å²) < 4.78 is 0. The molecule has 4 heteroatoms. The van der Waals surface area contributed by atoms with Gasteiger partial charge in [0, 0.05) is 31.1 Å². The zero-order chi connectivity index (χ0) is 18.1. The molecule has 0 spiro atoms. The van der Waals surface area contributed by atoms with Gasteiger partial charge in [-0.15, -0.1) is 0 Å². The molecule has 0 radical (unpaired) electrons. The lowest BCUT2D eigenvalue weighted by molar-refractivity contribution is -0.116. The molecule has 0 aliphatic carbocycles. The highest BCUT2D eigenvalue weighted by Gasteiger charge is 2.09. The minimum absolute atomic E-state index is 0.121. The Morgan fingerprint density at radius 3 is 2.32 bits per heavy atom. The Hall–Kier alpha value is -2.88. The van der Waals surface area contributed by atoms with Gasteiger partial charge in [0.15, 0.2) is 0 Å². The first-order chi connectivity index (χ1) is 12.1. The fourth-order valence-corrected chi connectivity index (χ4v) is 2.57. The number of benzene rings is 2. The molecule has 0 aliphatic rings. The molecule has 25 heavy (non-hydrogen) atoms. The van der Waals surface area contributed by atoms with Gasteiger partial charge >= 0.3 is 0 Å². The Labute approximate surface area is 149 Å². The Bertz CT molecular complexity index is 721. The number of amides is 2. The number of hydrogen-bond donors (Lipinski definition) is 2. The summed E-state index contributed by atoms with van der Waals surface area (Å²) in [5.41, 5.74) is 2.70. The molecule has 1 atom stereocenters. The minimum atomic E-state index is -0.125. The smallest absolute Gasteiger partial charge is 0.251 e. The van der Waals surface area contributed by atoms with E-state index in [0.717, 1.165) is 12.0 Å². The van der Waals surface area contributed by atoms with E-state index in [4.69, 9.17) is 0 Å². The molecule has 0 bridgehead atoms. The van der Waals surface area contributed by atoms with Crippen LogP contribution in [-0.4, -0.2) is 25.4 Å². The minimum Gasteiger partial charge on any atom is -0.355 e. The molecule has 2 rings (SSSR count). The molecule has 1 unspecified atom stereocenters. The summed E-state index contributed by atoms with van der Waals surface area (Å²) in [6.45, 7) is 2.73. The zero-order valence-corrected chi connectivity index (χ0v) is 14.7. The van der Waals surface area contributed by atoms with Crippen LogP contribution in [0.15, 0.2) is 60.7 Å². The van der Waals surface area contributed by atoms with Gasteiger partial charge < -0.3 is 10.6 Å². The molecule has 0 heterocycles. The first kappa shape index (κ1) is 18.5. The molecule has 130 valence electrons. The van der Waals surface area contributed by atoms with Crippen LogP contribution in [0.25, 0.3) is 6.08 Å². The summed E-state index contributed by atoms with van der Waals surface area (Å²) in [6.07, 6.45) is 4.23. The quantitative estimate of drug-likeness (QED) is 0.762. The van der Waals surface area contributed by atoms with Crippen molar-refractivity contribution in [3.63, 3.8) is 0 Å². The average Bonchev–Trinajstić information content (AvgIpc) is 2.67. The van der Waals surface area contributed by atoms with Crippen LogP contribution in [0.3, 0.4) is 0 Å². The van der Waals surface area contributed by atoms with Crippen LogP contribution in [0.2, 0.25) is 0 Å². The maximum Gasteiger partial charge on any atom is 0.251 e. The maximum absolute atomic E-state index is 12.0. The predicted octanol–water partition coefficient (Wildman–Crippen LogP) is 3.37. The van der Waals surface area contributed by atoms with E-state index in [1.165, 1.54) is 11.6 Å². The van der Waals surface area contributed by atoms with E-state index in [1.807, 2.05) is 30.3 Å². The van der Waals surface area contributed by atoms with Crippen LogP contribution in [0.1, 0.15) is 40.7 Å². The van der Waals surface area contributed by atoms with Gasteiger partial charge in [-0.1, -0.05) is 49.4 Å². The second-order valence-electron chi connectivity index (χ2n) is 5.80. The van der Waals surface area contributed by atoms with Crippen molar-refractivity contribution in [1.82, 2.24) is 10.6 Å². The molecule has 0 fully saturated rings. The Morgan fingerprint density at radius 1 is 1.04 bits per heavy atom. The van der Waals surface area contributed by atoms with E-state index in [-0.39, 0.29) is 11.8 Å². The van der Waals surface area contributed by atoms with E-state index in [9.17, 15) is 9.59 Å². The van der Waals surface area contributed by atoms with Crippen LogP contribution < -0.4 is 10.6 Å². The second-order valence-corrected chi connectivity index (χ2v) is 5.80. The highest BCUT2D eigenvalue weighted by Crippen LogP contribution is 2.17. The van der Waals surface area contributed by atoms with Gasteiger partial charge in [-0.3, -0.25) is 9.59 Å². The lowest BCUT2D eigenvalue weighted by Crippen LogP contribution is -2.26. The van der Waals surface area contributed by atoms with Gasteiger partial charge in [0.1, 0.15) is 0 Å². The second kappa shape index (κ2) is 9.42. The fraction of sp³-hybridized carbons (Fsp3) is 0.238. The summed E-state index contributed by atoms with van der Waals surface area (Å²) in [6, 6.07) is 17.3. The number of carbonyl (C=O) groups excluding carboxylic acids is 2. The van der Waals surface area contributed by atoms with E-state index < -0.39 is 0 Å². The third-order valence-electron chi connectivity index (χ3n) is 4.11. The molecule has 0 aromatic heterocycles. The Balaban J connectivity index is 1.89. The maximum atomic E-state index is 12.0. The lowest BCUT2D eigenvalue weighted by Gasteiger charge is -2.15. The molecular weight excluding hydrogens is 312 g/mol. The summed E-state index contributed by atoms with van der Waals surface area (Å²) in [5.74, 6) is 0.0648. The van der Waals surface area contributed by atoms with Crippen LogP contribution >= 0.6 is 0 Å². The molecule has 2 amide bonds. The van der Waals surface area contributed by atoms with Crippen molar-refractivity contribution in [2.75, 3.05) is 13.6 Å². The topological polar surface area (TPSA) is 58.2 Å². The van der Waals surface area contributed by atoms with Crippen molar-refractivity contribution in [2.45, 2.75) is 19.3 Å². The average molecular weight is 336 g/mol. The predicted molar refractivity (Wildman–Crippen MR) is 101 cm³/mol. The van der Waals surface area contributed by atoms with Crippen molar-refractivity contribution < 1.29 is 9.59 Å². The molecule has 2 aromatic carbocycles. The fourth-order valence-electron chi connectivity index (χ4n) is 2.57. The number of carbonyl (C=O) groups is 2. The van der Waals surface area contributed by atoms with Gasteiger partial charge in [-0.25, -0.2) is 0 Å². The Morgan fingerprint density at radius 2 is 1.72 bits per heavy atom. The molecular formula is C21H24N2O2. The summed E-state index contributed by atoms with van der Waals surface area (Å²) >= 11 is 0. The third-order valence-corrected chi connectivity index (χ3v) is 4.11. The zero-order valence-electron chi connectivity index (χ0n) is 14.7. The molecule has 0 aliphatic heterocycles. The number of hydrogen-bond acceptors (Lipinski definition) is 2. The lowest BCUT2D eigenvalue weighted by atomic mass is 9.96. The highest BCUT2D eigenvalue weighted by molar-refractivity contribution is 5.94. The molecule has 0 saturated heterocycles.